The van der Waals surface area contributed by atoms with Crippen LogP contribution in [0.1, 0.15) is 6.42 Å². The van der Waals surface area contributed by atoms with Crippen molar-refractivity contribution in [3.63, 3.8) is 0 Å². The average Bonchev–Trinajstić information content (AvgIpc) is 2.68. The van der Waals surface area contributed by atoms with E-state index in [0.717, 1.165) is 5.69 Å². The average molecular weight is 212 g/mol. The van der Waals surface area contributed by atoms with Crippen molar-refractivity contribution in [1.29, 1.82) is 0 Å². The van der Waals surface area contributed by atoms with Gasteiger partial charge < -0.3 is 10.6 Å². The molecule has 2 N–H and O–H groups in total. The highest BCUT2D eigenvalue weighted by molar-refractivity contribution is 5.53. The summed E-state index contributed by atoms with van der Waals surface area (Å²) < 4.78 is 24.9. The van der Waals surface area contributed by atoms with Crippen molar-refractivity contribution in [2.24, 2.45) is 5.92 Å². The number of hydrogen-bond acceptors (Lipinski definition) is 2. The van der Waals surface area contributed by atoms with E-state index in [2.05, 4.69) is 0 Å². The van der Waals surface area contributed by atoms with Gasteiger partial charge in [0.1, 0.15) is 0 Å². The van der Waals surface area contributed by atoms with Crippen LogP contribution in [0.15, 0.2) is 24.3 Å². The Morgan fingerprint density at radius 2 is 1.93 bits per heavy atom. The summed E-state index contributed by atoms with van der Waals surface area (Å²) in [6, 6.07) is 7.35. The zero-order valence-electron chi connectivity index (χ0n) is 8.37. The highest BCUT2D eigenvalue weighted by Crippen LogP contribution is 2.27. The first-order valence-electron chi connectivity index (χ1n) is 5.05. The minimum absolute atomic E-state index is 0.446. The maximum absolute atomic E-state index is 12.4. The van der Waals surface area contributed by atoms with Crippen LogP contribution in [0.3, 0.4) is 0 Å². The first-order chi connectivity index (χ1) is 7.16. The van der Waals surface area contributed by atoms with Gasteiger partial charge >= 0.3 is 0 Å². The molecule has 0 aromatic heterocycles. The molecular weight excluding hydrogens is 198 g/mol. The molecule has 0 bridgehead atoms. The molecule has 0 amide bonds. The molecule has 1 fully saturated rings. The van der Waals surface area contributed by atoms with Crippen molar-refractivity contribution >= 4 is 11.4 Å². The summed E-state index contributed by atoms with van der Waals surface area (Å²) in [5.41, 5.74) is 7.24. The van der Waals surface area contributed by atoms with Crippen LogP contribution < -0.4 is 10.6 Å². The molecule has 15 heavy (non-hydrogen) atoms. The highest BCUT2D eigenvalue weighted by Gasteiger charge is 2.29. The van der Waals surface area contributed by atoms with Gasteiger partial charge in [-0.15, -0.1) is 0 Å². The van der Waals surface area contributed by atoms with Gasteiger partial charge in [0.25, 0.3) is 0 Å². The predicted octanol–water partition coefficient (Wildman–Crippen LogP) is 2.36. The molecular formula is C11H14F2N2. The van der Waals surface area contributed by atoms with Crippen LogP contribution in [0.5, 0.6) is 0 Å². The standard InChI is InChI=1S/C11H14F2N2/c12-11(13)8-5-6-15(7-8)10-3-1-9(14)2-4-10/h1-4,8,11H,5-7,14H2/t8-/m1/s1. The fourth-order valence-electron chi connectivity index (χ4n) is 1.91. The van der Waals surface area contributed by atoms with Crippen LogP contribution >= 0.6 is 0 Å². The van der Waals surface area contributed by atoms with E-state index in [0.29, 0.717) is 25.2 Å². The molecule has 0 radical (unpaired) electrons. The van der Waals surface area contributed by atoms with E-state index in [9.17, 15) is 8.78 Å². The number of alkyl halides is 2. The molecule has 2 rings (SSSR count). The summed E-state index contributed by atoms with van der Waals surface area (Å²) in [4.78, 5) is 1.98. The molecule has 0 spiro atoms. The molecule has 1 heterocycles. The Hall–Kier alpha value is -1.32. The zero-order valence-corrected chi connectivity index (χ0v) is 8.37. The first kappa shape index (κ1) is 10.2. The Morgan fingerprint density at radius 3 is 2.47 bits per heavy atom. The number of hydrogen-bond donors (Lipinski definition) is 1. The fraction of sp³-hybridized carbons (Fsp3) is 0.455. The summed E-state index contributed by atoms with van der Waals surface area (Å²) in [6.45, 7) is 1.15. The first-order valence-corrected chi connectivity index (χ1v) is 5.05. The lowest BCUT2D eigenvalue weighted by Gasteiger charge is -2.18. The minimum atomic E-state index is -2.20. The third-order valence-corrected chi connectivity index (χ3v) is 2.84. The third-order valence-electron chi connectivity index (χ3n) is 2.84. The Labute approximate surface area is 87.7 Å². The molecule has 82 valence electrons. The van der Waals surface area contributed by atoms with E-state index in [-0.39, 0.29) is 0 Å². The highest BCUT2D eigenvalue weighted by atomic mass is 19.3. The van der Waals surface area contributed by atoms with Crippen molar-refractivity contribution in [2.45, 2.75) is 12.8 Å². The van der Waals surface area contributed by atoms with Gasteiger partial charge in [-0.1, -0.05) is 0 Å². The number of nitrogen functional groups attached to an aromatic ring is 1. The normalized spacial score (nSPS) is 21.3. The van der Waals surface area contributed by atoms with Crippen molar-refractivity contribution in [3.8, 4) is 0 Å². The van der Waals surface area contributed by atoms with Crippen LogP contribution in [0.4, 0.5) is 20.2 Å². The van der Waals surface area contributed by atoms with E-state index in [1.54, 1.807) is 12.1 Å². The summed E-state index contributed by atoms with van der Waals surface area (Å²) in [5, 5.41) is 0. The molecule has 0 unspecified atom stereocenters. The van der Waals surface area contributed by atoms with E-state index >= 15 is 0 Å². The fourth-order valence-corrected chi connectivity index (χ4v) is 1.91. The van der Waals surface area contributed by atoms with Crippen molar-refractivity contribution in [3.05, 3.63) is 24.3 Å². The maximum atomic E-state index is 12.4. The van der Waals surface area contributed by atoms with Crippen LogP contribution in [0.2, 0.25) is 0 Å². The SMILES string of the molecule is Nc1ccc(N2CC[C@@H](C(F)F)C2)cc1. The van der Waals surface area contributed by atoms with Gasteiger partial charge in [-0.05, 0) is 30.7 Å². The quantitative estimate of drug-likeness (QED) is 0.762. The molecule has 0 saturated carbocycles. The third kappa shape index (κ3) is 2.19. The monoisotopic (exact) mass is 212 g/mol. The van der Waals surface area contributed by atoms with Gasteiger partial charge in [0.15, 0.2) is 0 Å². The molecule has 1 aliphatic rings. The molecule has 1 saturated heterocycles. The van der Waals surface area contributed by atoms with Gasteiger partial charge in [-0.3, -0.25) is 0 Å². The van der Waals surface area contributed by atoms with Gasteiger partial charge in [-0.2, -0.15) is 0 Å². The zero-order chi connectivity index (χ0) is 10.8. The second-order valence-corrected chi connectivity index (χ2v) is 3.92. The summed E-state index contributed by atoms with van der Waals surface area (Å²) in [7, 11) is 0. The number of benzene rings is 1. The lowest BCUT2D eigenvalue weighted by molar-refractivity contribution is 0.0880. The van der Waals surface area contributed by atoms with Gasteiger partial charge in [0.05, 0.1) is 0 Å². The number of nitrogens with two attached hydrogens (primary N) is 1. The molecule has 1 aromatic carbocycles. The number of halogens is 2. The second kappa shape index (κ2) is 4.04. The molecule has 0 aliphatic carbocycles. The summed E-state index contributed by atoms with van der Waals surface area (Å²) in [5.74, 6) is -0.484. The van der Waals surface area contributed by atoms with Gasteiger partial charge in [0.2, 0.25) is 6.43 Å². The van der Waals surface area contributed by atoms with Gasteiger partial charge in [-0.25, -0.2) is 8.78 Å². The minimum Gasteiger partial charge on any atom is -0.399 e. The summed E-state index contributed by atoms with van der Waals surface area (Å²) in [6.07, 6.45) is -1.63. The smallest absolute Gasteiger partial charge is 0.243 e. The van der Waals surface area contributed by atoms with Crippen LogP contribution in [0, 0.1) is 5.92 Å². The van der Waals surface area contributed by atoms with Gasteiger partial charge in [0, 0.05) is 30.4 Å². The molecule has 1 aromatic rings. The van der Waals surface area contributed by atoms with E-state index in [1.807, 2.05) is 17.0 Å². The number of nitrogens with zero attached hydrogens (tertiary/aromatic N) is 1. The number of anilines is 2. The van der Waals surface area contributed by atoms with E-state index < -0.39 is 12.3 Å². The largest absolute Gasteiger partial charge is 0.399 e. The Kier molecular flexibility index (Phi) is 2.75. The summed E-state index contributed by atoms with van der Waals surface area (Å²) >= 11 is 0. The lowest BCUT2D eigenvalue weighted by atomic mass is 10.1. The topological polar surface area (TPSA) is 29.3 Å². The lowest BCUT2D eigenvalue weighted by Crippen LogP contribution is -2.21. The maximum Gasteiger partial charge on any atom is 0.243 e. The molecule has 1 aliphatic heterocycles. The van der Waals surface area contributed by atoms with Crippen molar-refractivity contribution in [2.75, 3.05) is 23.7 Å². The van der Waals surface area contributed by atoms with Crippen LogP contribution in [-0.2, 0) is 0 Å². The Morgan fingerprint density at radius 1 is 1.27 bits per heavy atom. The van der Waals surface area contributed by atoms with E-state index in [4.69, 9.17) is 5.73 Å². The van der Waals surface area contributed by atoms with Crippen LogP contribution in [0.25, 0.3) is 0 Å². The number of rotatable bonds is 2. The molecule has 1 atom stereocenters. The Balaban J connectivity index is 2.04. The van der Waals surface area contributed by atoms with Crippen LogP contribution in [-0.4, -0.2) is 19.5 Å². The van der Waals surface area contributed by atoms with E-state index in [1.165, 1.54) is 0 Å². The molecule has 4 heteroatoms. The second-order valence-electron chi connectivity index (χ2n) is 3.92. The van der Waals surface area contributed by atoms with Crippen molar-refractivity contribution in [1.82, 2.24) is 0 Å². The Bertz CT molecular complexity index is 324. The molecule has 2 nitrogen and oxygen atoms in total. The predicted molar refractivity (Wildman–Crippen MR) is 57.2 cm³/mol. The van der Waals surface area contributed by atoms with Crippen molar-refractivity contribution < 1.29 is 8.78 Å².